The lowest BCUT2D eigenvalue weighted by Gasteiger charge is -2.48. The van der Waals surface area contributed by atoms with E-state index in [0.29, 0.717) is 44.7 Å². The minimum Gasteiger partial charge on any atom is -0.459 e. The standard InChI is InChI=1S/C52H89ClFN5O12/c1-15-41-52(10,64)46(61)35(7)58(12)28-30(2)23-51(9,63)47(33(5)44(34(6)48(62)69-41)70-42-25-50(8,66-14)24-32(4)67-42)71-49-43(60)39(22-31(3)68-49)57(11)21-20-38-29-59(56-55-38)40(27-54)45(65-13)37-18-16-36(26-53)17-19-37/h16-19,29-35,39-47,49,55-56,60-61,63-64H,15,20-28H2,1-14H3/t30-,31-,32+,33+,34-,35-,39+,40-,41-,42+,43-,44+,45-,46-,47-,49+,50+,51-,52-/m1/s1. The van der Waals surface area contributed by atoms with Crippen molar-refractivity contribution in [3.63, 3.8) is 0 Å². The molecule has 4 heterocycles. The summed E-state index contributed by atoms with van der Waals surface area (Å²) in [6.07, 6.45) is -4.62. The third-order valence-electron chi connectivity index (χ3n) is 15.8. The van der Waals surface area contributed by atoms with Crippen LogP contribution in [-0.4, -0.2) is 180 Å². The number of aliphatic hydroxyl groups excluding tert-OH is 2. The number of carbonyl (C=O) groups is 1. The molecule has 4 aliphatic heterocycles. The molecule has 0 radical (unpaired) electrons. The molecule has 3 saturated heterocycles. The number of halogens is 2. The predicted octanol–water partition coefficient (Wildman–Crippen LogP) is 5.32. The Morgan fingerprint density at radius 1 is 0.986 bits per heavy atom. The number of likely N-dealkylation sites (N-methyl/N-ethyl adjacent to an activating group) is 2. The molecule has 19 heteroatoms. The molecule has 0 saturated carbocycles. The van der Waals surface area contributed by atoms with Gasteiger partial charge in [-0.1, -0.05) is 45.0 Å². The molecule has 0 aliphatic carbocycles. The minimum atomic E-state index is -1.82. The monoisotopic (exact) mass is 1030 g/mol. The van der Waals surface area contributed by atoms with Gasteiger partial charge in [0.25, 0.3) is 0 Å². The Hall–Kier alpha value is -2.27. The van der Waals surface area contributed by atoms with E-state index in [-0.39, 0.29) is 31.0 Å². The number of nitrogens with one attached hydrogen (secondary N) is 2. The lowest BCUT2D eigenvalue weighted by atomic mass is 9.77. The highest BCUT2D eigenvalue weighted by Crippen LogP contribution is 2.40. The maximum Gasteiger partial charge on any atom is 0.311 e. The lowest BCUT2D eigenvalue weighted by molar-refractivity contribution is -0.310. The van der Waals surface area contributed by atoms with Gasteiger partial charge < -0.3 is 68.8 Å². The molecule has 1 aromatic carbocycles. The molecular weight excluding hydrogens is 941 g/mol. The number of hydrogen-bond acceptors (Lipinski definition) is 17. The van der Waals surface area contributed by atoms with Crippen molar-refractivity contribution in [3.8, 4) is 0 Å². The van der Waals surface area contributed by atoms with Crippen LogP contribution in [0.4, 0.5) is 4.39 Å². The van der Waals surface area contributed by atoms with E-state index >= 15 is 0 Å². The second kappa shape index (κ2) is 25.5. The first kappa shape index (κ1) is 59.6. The number of methoxy groups -OCH3 is 2. The fraction of sp³-hybridized carbons (Fsp3) is 0.827. The molecule has 17 nitrogen and oxygen atoms in total. The van der Waals surface area contributed by atoms with Crippen LogP contribution in [0.15, 0.2) is 36.2 Å². The summed E-state index contributed by atoms with van der Waals surface area (Å²) in [6.45, 7) is 18.4. The lowest BCUT2D eigenvalue weighted by Crippen LogP contribution is -2.60. The highest BCUT2D eigenvalue weighted by atomic mass is 35.5. The summed E-state index contributed by atoms with van der Waals surface area (Å²) in [5, 5.41) is 50.4. The van der Waals surface area contributed by atoms with E-state index in [1.54, 1.807) is 40.0 Å². The summed E-state index contributed by atoms with van der Waals surface area (Å²) in [5.74, 6) is -2.25. The summed E-state index contributed by atoms with van der Waals surface area (Å²) in [6, 6.07) is 5.93. The SMILES string of the molecule is CC[C@H]1OC(=O)[C@H](C)[C@@H](O[C@H]2C[C@@](C)(OC)C[C@H](C)O2)[C@H](C)[C@@H](O[C@@H]2O[C@H](C)C[C@H](N(C)CCC3=CN([C@H](CF)[C@H](OC)c4ccc(CCl)cc4)NN3)[C@H]2O)[C@](C)(O)C[C@@H](C)CN(C)[C@H](C)[C@@H](O)[C@]1(C)O. The smallest absolute Gasteiger partial charge is 0.311 e. The molecule has 0 unspecified atom stereocenters. The largest absolute Gasteiger partial charge is 0.459 e. The highest BCUT2D eigenvalue weighted by molar-refractivity contribution is 6.17. The van der Waals surface area contributed by atoms with Crippen molar-refractivity contribution in [1.29, 1.82) is 0 Å². The maximum atomic E-state index is 14.7. The van der Waals surface area contributed by atoms with Gasteiger partial charge in [0.2, 0.25) is 0 Å². The van der Waals surface area contributed by atoms with Gasteiger partial charge in [0.1, 0.15) is 42.7 Å². The van der Waals surface area contributed by atoms with E-state index in [1.165, 1.54) is 6.92 Å². The van der Waals surface area contributed by atoms with E-state index in [9.17, 15) is 29.6 Å². The summed E-state index contributed by atoms with van der Waals surface area (Å²) in [5.41, 5.74) is 4.84. The van der Waals surface area contributed by atoms with Crippen molar-refractivity contribution in [2.24, 2.45) is 17.8 Å². The van der Waals surface area contributed by atoms with Crippen LogP contribution < -0.4 is 11.0 Å². The molecule has 0 spiro atoms. The topological polar surface area (TPSA) is 196 Å². The number of cyclic esters (lactones) is 1. The van der Waals surface area contributed by atoms with Crippen molar-refractivity contribution in [1.82, 2.24) is 25.8 Å². The molecule has 0 bridgehead atoms. The fourth-order valence-electron chi connectivity index (χ4n) is 11.5. The number of alkyl halides is 2. The number of nitrogens with zero attached hydrogens (tertiary/aromatic N) is 3. The van der Waals surface area contributed by atoms with Gasteiger partial charge in [-0.2, -0.15) is 0 Å². The number of hydrazine groups is 2. The number of hydrogen-bond donors (Lipinski definition) is 6. The van der Waals surface area contributed by atoms with Crippen molar-refractivity contribution < 1.29 is 62.8 Å². The van der Waals surface area contributed by atoms with Crippen molar-refractivity contribution in [2.45, 2.75) is 210 Å². The van der Waals surface area contributed by atoms with Gasteiger partial charge in [-0.25, -0.2) is 4.39 Å². The average Bonchev–Trinajstić information content (AvgIpc) is 3.80. The summed E-state index contributed by atoms with van der Waals surface area (Å²) >= 11 is 6.00. The zero-order valence-corrected chi connectivity index (χ0v) is 45.6. The second-order valence-corrected chi connectivity index (χ2v) is 22.3. The molecule has 0 amide bonds. The number of rotatable bonds is 16. The Labute approximate surface area is 427 Å². The van der Waals surface area contributed by atoms with Crippen LogP contribution in [0.3, 0.4) is 0 Å². The van der Waals surface area contributed by atoms with Crippen LogP contribution >= 0.6 is 11.6 Å². The zero-order valence-electron chi connectivity index (χ0n) is 44.8. The summed E-state index contributed by atoms with van der Waals surface area (Å²) in [4.78, 5) is 18.5. The molecule has 6 N–H and O–H groups in total. The van der Waals surface area contributed by atoms with Crippen LogP contribution in [0.25, 0.3) is 0 Å². The van der Waals surface area contributed by atoms with Gasteiger partial charge in [-0.15, -0.1) is 17.1 Å². The fourth-order valence-corrected chi connectivity index (χ4v) is 11.6. The Kier molecular flexibility index (Phi) is 21.4. The van der Waals surface area contributed by atoms with E-state index < -0.39 is 109 Å². The van der Waals surface area contributed by atoms with Gasteiger partial charge >= 0.3 is 5.97 Å². The molecule has 71 heavy (non-hydrogen) atoms. The van der Waals surface area contributed by atoms with E-state index in [0.717, 1.165) is 16.8 Å². The number of ether oxygens (including phenoxy) is 7. The Bertz CT molecular complexity index is 1860. The molecular formula is C52H89ClFN5O12. The van der Waals surface area contributed by atoms with Crippen LogP contribution in [0.5, 0.6) is 0 Å². The minimum absolute atomic E-state index is 0.179. The van der Waals surface area contributed by atoms with Crippen molar-refractivity contribution >= 4 is 17.6 Å². The Morgan fingerprint density at radius 3 is 2.27 bits per heavy atom. The number of esters is 1. The van der Waals surface area contributed by atoms with E-state index in [1.807, 2.05) is 91.0 Å². The Balaban J connectivity index is 1.43. The summed E-state index contributed by atoms with van der Waals surface area (Å²) < 4.78 is 59.2. The van der Waals surface area contributed by atoms with E-state index in [4.69, 9.17) is 44.8 Å². The van der Waals surface area contributed by atoms with Crippen LogP contribution in [-0.2, 0) is 43.8 Å². The average molecular weight is 1030 g/mol. The normalized spacial score (nSPS) is 40.3. The molecule has 19 atom stereocenters. The summed E-state index contributed by atoms with van der Waals surface area (Å²) in [7, 11) is 6.98. The molecule has 1 aromatic rings. The van der Waals surface area contributed by atoms with Crippen LogP contribution in [0.2, 0.25) is 0 Å². The first-order valence-electron chi connectivity index (χ1n) is 25.7. The molecule has 408 valence electrons. The molecule has 0 aromatic heterocycles. The number of benzene rings is 1. The zero-order chi connectivity index (χ0) is 52.7. The highest BCUT2D eigenvalue weighted by Gasteiger charge is 2.52. The molecule has 4 aliphatic rings. The van der Waals surface area contributed by atoms with Gasteiger partial charge in [-0.3, -0.25) is 9.80 Å². The number of carbonyl (C=O) groups excluding carboxylic acids is 1. The van der Waals surface area contributed by atoms with Crippen LogP contribution in [0, 0.1) is 17.8 Å². The van der Waals surface area contributed by atoms with Crippen molar-refractivity contribution in [3.05, 3.63) is 47.3 Å². The third kappa shape index (κ3) is 14.6. The second-order valence-electron chi connectivity index (χ2n) is 22.0. The third-order valence-corrected chi connectivity index (χ3v) is 16.1. The van der Waals surface area contributed by atoms with E-state index in [2.05, 4.69) is 15.9 Å². The Morgan fingerprint density at radius 2 is 1.66 bits per heavy atom. The van der Waals surface area contributed by atoms with Gasteiger partial charge in [0.15, 0.2) is 12.6 Å². The first-order valence-corrected chi connectivity index (χ1v) is 26.2. The quantitative estimate of drug-likeness (QED) is 0.0919. The predicted molar refractivity (Wildman–Crippen MR) is 268 cm³/mol. The van der Waals surface area contributed by atoms with Gasteiger partial charge in [0.05, 0.1) is 41.5 Å². The van der Waals surface area contributed by atoms with Gasteiger partial charge in [0, 0.05) is 82.4 Å². The molecule has 5 rings (SSSR count). The van der Waals surface area contributed by atoms with Gasteiger partial charge in [-0.05, 0) is 98.9 Å². The number of aliphatic hydroxyl groups is 4. The maximum absolute atomic E-state index is 14.7. The molecule has 3 fully saturated rings. The first-order chi connectivity index (χ1) is 33.3. The van der Waals surface area contributed by atoms with Crippen LogP contribution in [0.1, 0.15) is 125 Å². The van der Waals surface area contributed by atoms with Crippen molar-refractivity contribution in [2.75, 3.05) is 48.1 Å².